The summed E-state index contributed by atoms with van der Waals surface area (Å²) in [5.41, 5.74) is -2.49. The zero-order valence-electron chi connectivity index (χ0n) is 12.5. The smallest absolute Gasteiger partial charge is 0.351 e. The van der Waals surface area contributed by atoms with Crippen molar-refractivity contribution >= 4 is 29.0 Å². The Morgan fingerprint density at radius 3 is 2.08 bits per heavy atom. The second-order valence-corrected chi connectivity index (χ2v) is 5.24. The summed E-state index contributed by atoms with van der Waals surface area (Å²) >= 11 is 5.87. The van der Waals surface area contributed by atoms with Gasteiger partial charge in [-0.1, -0.05) is 11.6 Å². The van der Waals surface area contributed by atoms with Crippen molar-refractivity contribution in [3.05, 3.63) is 60.7 Å². The number of aliphatic hydroxyl groups excluding tert-OH is 1. The fraction of sp³-hybridized carbons (Fsp3) is 0.231. The van der Waals surface area contributed by atoms with Crippen molar-refractivity contribution < 1.29 is 34.8 Å². The highest BCUT2D eigenvalue weighted by Gasteiger charge is 2.45. The van der Waals surface area contributed by atoms with Crippen molar-refractivity contribution in [2.75, 3.05) is 0 Å². The molecule has 0 radical (unpaired) electrons. The van der Waals surface area contributed by atoms with Gasteiger partial charge in [-0.25, -0.2) is 0 Å². The van der Waals surface area contributed by atoms with E-state index in [0.29, 0.717) is 0 Å². The molecule has 25 heavy (non-hydrogen) atoms. The summed E-state index contributed by atoms with van der Waals surface area (Å²) in [7, 11) is 0. The van der Waals surface area contributed by atoms with Gasteiger partial charge in [0.1, 0.15) is 17.6 Å². The topological polar surface area (TPSA) is 181 Å². The van der Waals surface area contributed by atoms with Crippen LogP contribution in [0, 0.1) is 26.1 Å². The number of rotatable bonds is 7. The third-order valence-corrected chi connectivity index (χ3v) is 3.63. The number of benzene rings is 1. The lowest BCUT2D eigenvalue weighted by Gasteiger charge is -2.20. The summed E-state index contributed by atoms with van der Waals surface area (Å²) in [6.07, 6.45) is 0. The number of hydrogen-bond acceptors (Lipinski definition) is 8. The zero-order valence-corrected chi connectivity index (χ0v) is 13.2. The number of carboxylic acid groups (broad SMARTS) is 1. The van der Waals surface area contributed by atoms with Gasteiger partial charge in [0.15, 0.2) is 0 Å². The van der Waals surface area contributed by atoms with Gasteiger partial charge < -0.3 is 15.3 Å². The van der Waals surface area contributed by atoms with Crippen LogP contribution in [0.15, 0.2) is 29.8 Å². The Kier molecular flexibility index (Phi) is 6.01. The van der Waals surface area contributed by atoms with Crippen molar-refractivity contribution in [2.45, 2.75) is 12.8 Å². The maximum absolute atomic E-state index is 11.7. The van der Waals surface area contributed by atoms with E-state index in [1.807, 2.05) is 0 Å². The number of nitro benzene ring substituents is 1. The molecule has 11 nitrogen and oxygen atoms in total. The molecule has 3 N–H and O–H groups in total. The zero-order chi connectivity index (χ0) is 19.5. The van der Waals surface area contributed by atoms with E-state index in [-0.39, 0.29) is 5.02 Å². The van der Waals surface area contributed by atoms with Gasteiger partial charge in [0.2, 0.25) is 0 Å². The van der Waals surface area contributed by atoms with Crippen molar-refractivity contribution in [3.8, 4) is 0 Å². The van der Waals surface area contributed by atoms with Crippen LogP contribution in [0.4, 0.5) is 5.69 Å². The molecule has 0 aromatic heterocycles. The Bertz CT molecular complexity index is 772. The fourth-order valence-electron chi connectivity index (χ4n) is 2.25. The number of carbonyl (C=O) groups excluding carboxylic acids is 1. The molecular weight excluding hydrogens is 364 g/mol. The van der Waals surface area contributed by atoms with Crippen LogP contribution in [0.5, 0.6) is 0 Å². The number of non-ortho nitro benzene ring substituents is 1. The summed E-state index contributed by atoms with van der Waals surface area (Å²) in [5, 5.41) is 49.4. The van der Waals surface area contributed by atoms with Gasteiger partial charge >= 0.3 is 17.6 Å². The second kappa shape index (κ2) is 7.57. The number of aliphatic carboxylic acids is 1. The van der Waals surface area contributed by atoms with Gasteiger partial charge in [0.05, 0.1) is 9.85 Å². The Labute approximate surface area is 144 Å². The summed E-state index contributed by atoms with van der Waals surface area (Å²) < 4.78 is 0. The van der Waals surface area contributed by atoms with Gasteiger partial charge in [-0.2, -0.15) is 0 Å². The van der Waals surface area contributed by atoms with Crippen LogP contribution in [0.1, 0.15) is 18.4 Å². The number of hydrogen-bond donors (Lipinski definition) is 3. The molecule has 1 aromatic carbocycles. The molecule has 1 rings (SSSR count). The minimum Gasteiger partial charge on any atom is -0.481 e. The van der Waals surface area contributed by atoms with Crippen LogP contribution < -0.4 is 0 Å². The summed E-state index contributed by atoms with van der Waals surface area (Å²) in [6.45, 7) is 0.822. The lowest BCUT2D eigenvalue weighted by Crippen LogP contribution is -2.32. The van der Waals surface area contributed by atoms with Gasteiger partial charge in [0.25, 0.3) is 5.69 Å². The average molecular weight is 375 g/mol. The van der Waals surface area contributed by atoms with Crippen LogP contribution in [0.25, 0.3) is 0 Å². The molecule has 0 bridgehead atoms. The van der Waals surface area contributed by atoms with E-state index >= 15 is 0 Å². The Morgan fingerprint density at radius 1 is 1.16 bits per heavy atom. The van der Waals surface area contributed by atoms with Gasteiger partial charge in [-0.05, 0) is 18.6 Å². The molecule has 0 saturated carbocycles. The molecular formula is C13H11ClN2O9. The molecule has 2 atom stereocenters. The third kappa shape index (κ3) is 4.20. The standard InChI is InChI=1S/C13H11ClN2O9/c1-5(17)9(12(18)19)10(11(13(20)21)16(24)25)7-4-6(15(22)23)2-3-8(7)14/h2-4,9-10,20-21H,1H3,(H,18,19). The van der Waals surface area contributed by atoms with Crippen LogP contribution in [-0.2, 0) is 9.59 Å². The summed E-state index contributed by atoms with van der Waals surface area (Å²) in [5.74, 6) is -8.90. The Balaban J connectivity index is 3.85. The molecule has 2 unspecified atom stereocenters. The maximum atomic E-state index is 11.7. The molecule has 0 fully saturated rings. The molecule has 0 aliphatic carbocycles. The molecule has 12 heteroatoms. The number of Topliss-reactive ketones (excluding diaryl/α,β-unsaturated/α-hetero) is 1. The largest absolute Gasteiger partial charge is 0.481 e. The van der Waals surface area contributed by atoms with E-state index in [9.17, 15) is 45.1 Å². The van der Waals surface area contributed by atoms with E-state index in [0.717, 1.165) is 25.1 Å². The van der Waals surface area contributed by atoms with E-state index in [2.05, 4.69) is 0 Å². The van der Waals surface area contributed by atoms with Gasteiger partial charge in [0, 0.05) is 17.2 Å². The quantitative estimate of drug-likeness (QED) is 0.278. The van der Waals surface area contributed by atoms with Crippen molar-refractivity contribution in [1.29, 1.82) is 0 Å². The van der Waals surface area contributed by atoms with Gasteiger partial charge in [-0.15, -0.1) is 0 Å². The Hall–Kier alpha value is -3.21. The number of nitrogens with zero attached hydrogens (tertiary/aromatic N) is 2. The number of allylic oxidation sites excluding steroid dienone is 1. The van der Waals surface area contributed by atoms with Crippen LogP contribution in [0.3, 0.4) is 0 Å². The molecule has 0 aliphatic rings. The first-order valence-electron chi connectivity index (χ1n) is 6.42. The predicted molar refractivity (Wildman–Crippen MR) is 81.9 cm³/mol. The van der Waals surface area contributed by atoms with E-state index in [4.69, 9.17) is 11.6 Å². The number of ketones is 1. The lowest BCUT2D eigenvalue weighted by molar-refractivity contribution is -0.436. The SMILES string of the molecule is CC(=O)C(C(=O)O)C(C(=C(O)O)[N+](=O)[O-])c1cc([N+](=O)[O-])ccc1Cl. The van der Waals surface area contributed by atoms with Crippen LogP contribution >= 0.6 is 11.6 Å². The number of carboxylic acids is 1. The van der Waals surface area contributed by atoms with E-state index in [1.54, 1.807) is 0 Å². The van der Waals surface area contributed by atoms with E-state index < -0.39 is 56.3 Å². The first-order valence-corrected chi connectivity index (χ1v) is 6.80. The summed E-state index contributed by atoms with van der Waals surface area (Å²) in [4.78, 5) is 43.1. The molecule has 0 amide bonds. The monoisotopic (exact) mass is 374 g/mol. The molecule has 134 valence electrons. The minimum absolute atomic E-state index is 0.330. The first kappa shape index (κ1) is 19.8. The maximum Gasteiger partial charge on any atom is 0.351 e. The van der Waals surface area contributed by atoms with Crippen molar-refractivity contribution in [3.63, 3.8) is 0 Å². The molecule has 0 heterocycles. The highest BCUT2D eigenvalue weighted by molar-refractivity contribution is 6.31. The number of aliphatic hydroxyl groups is 2. The number of halogens is 1. The predicted octanol–water partition coefficient (Wildman–Crippen LogP) is 2.18. The first-order chi connectivity index (χ1) is 11.5. The highest BCUT2D eigenvalue weighted by atomic mass is 35.5. The summed E-state index contributed by atoms with van der Waals surface area (Å²) in [6, 6.07) is 2.67. The highest BCUT2D eigenvalue weighted by Crippen LogP contribution is 2.39. The molecule has 0 spiro atoms. The average Bonchev–Trinajstić information content (AvgIpc) is 2.45. The molecule has 1 aromatic rings. The fourth-order valence-corrected chi connectivity index (χ4v) is 2.49. The van der Waals surface area contributed by atoms with Crippen LogP contribution in [0.2, 0.25) is 5.02 Å². The minimum atomic E-state index is -2.13. The normalized spacial score (nSPS) is 12.7. The van der Waals surface area contributed by atoms with Gasteiger partial charge in [-0.3, -0.25) is 29.8 Å². The van der Waals surface area contributed by atoms with Crippen LogP contribution in [-0.4, -0.2) is 36.9 Å². The van der Waals surface area contributed by atoms with Crippen molar-refractivity contribution in [1.82, 2.24) is 0 Å². The molecule has 0 aliphatic heterocycles. The number of carbonyl (C=O) groups is 2. The third-order valence-electron chi connectivity index (χ3n) is 3.28. The Morgan fingerprint density at radius 2 is 1.72 bits per heavy atom. The molecule has 0 saturated heterocycles. The second-order valence-electron chi connectivity index (χ2n) is 4.83. The number of nitro groups is 2. The van der Waals surface area contributed by atoms with E-state index in [1.165, 1.54) is 0 Å². The van der Waals surface area contributed by atoms with Crippen molar-refractivity contribution in [2.24, 2.45) is 5.92 Å². The lowest BCUT2D eigenvalue weighted by atomic mass is 9.81.